The molecule has 0 atom stereocenters. The van der Waals surface area contributed by atoms with Crippen LogP contribution in [0.4, 0.5) is 0 Å². The summed E-state index contributed by atoms with van der Waals surface area (Å²) >= 11 is 0. The molecule has 0 aliphatic carbocycles. The van der Waals surface area contributed by atoms with Crippen molar-refractivity contribution in [3.63, 3.8) is 0 Å². The standard InChI is InChI=1S/C5H6NO.C3H7.U/c1-4-2-5(7)6-3-4;1-3-2;/h3H2,1H3,(H,6,7);3H,1-2H3;/q2*-1;+2. The van der Waals surface area contributed by atoms with E-state index in [2.05, 4.69) is 11.4 Å². The molecule has 1 aliphatic heterocycles. The van der Waals surface area contributed by atoms with E-state index in [-0.39, 0.29) is 37.0 Å². The summed E-state index contributed by atoms with van der Waals surface area (Å²) in [5.41, 5.74) is 0.991. The van der Waals surface area contributed by atoms with Gasteiger partial charge in [-0.25, -0.2) is 5.57 Å². The van der Waals surface area contributed by atoms with E-state index in [0.29, 0.717) is 6.54 Å². The summed E-state index contributed by atoms with van der Waals surface area (Å²) in [5, 5.41) is 2.58. The van der Waals surface area contributed by atoms with Crippen molar-refractivity contribution < 1.29 is 35.9 Å². The van der Waals surface area contributed by atoms with Crippen molar-refractivity contribution >= 4 is 5.91 Å². The maximum atomic E-state index is 10.2. The molecule has 0 spiro atoms. The molecule has 0 saturated carbocycles. The van der Waals surface area contributed by atoms with Gasteiger partial charge in [0.15, 0.2) is 0 Å². The van der Waals surface area contributed by atoms with Crippen LogP contribution < -0.4 is 5.32 Å². The van der Waals surface area contributed by atoms with E-state index in [1.807, 2.05) is 27.2 Å². The van der Waals surface area contributed by atoms with Gasteiger partial charge in [0.1, 0.15) is 0 Å². The van der Waals surface area contributed by atoms with Crippen LogP contribution in [0.15, 0.2) is 5.57 Å². The maximum Gasteiger partial charge on any atom is 2.00 e. The Morgan fingerprint density at radius 2 is 2.00 bits per heavy atom. The molecule has 0 fully saturated rings. The van der Waals surface area contributed by atoms with Gasteiger partial charge in [-0.3, -0.25) is 0 Å². The predicted octanol–water partition coefficient (Wildman–Crippen LogP) is 1.10. The average Bonchev–Trinajstić information content (AvgIpc) is 2.17. The molecular weight excluding hydrogens is 364 g/mol. The summed E-state index contributed by atoms with van der Waals surface area (Å²) in [4.78, 5) is 10.2. The number of hydrogen-bond acceptors (Lipinski definition) is 1. The fourth-order valence-corrected chi connectivity index (χ4v) is 0.495. The summed E-state index contributed by atoms with van der Waals surface area (Å²) in [6.45, 7) is 6.55. The molecule has 0 radical (unpaired) electrons. The SMILES string of the molecule is CC1=[C-]C(=O)NC1.C[CH-]C.[U+2]. The molecule has 11 heavy (non-hydrogen) atoms. The van der Waals surface area contributed by atoms with Crippen molar-refractivity contribution in [1.82, 2.24) is 5.32 Å². The Bertz CT molecular complexity index is 143. The van der Waals surface area contributed by atoms with Crippen LogP contribution in [-0.2, 0) is 4.79 Å². The fourth-order valence-electron chi connectivity index (χ4n) is 0.495. The molecule has 0 aromatic heterocycles. The van der Waals surface area contributed by atoms with E-state index >= 15 is 0 Å². The van der Waals surface area contributed by atoms with Crippen molar-refractivity contribution in [2.45, 2.75) is 20.8 Å². The minimum atomic E-state index is -0.0856. The number of amides is 1. The zero-order valence-corrected chi connectivity index (χ0v) is 11.4. The van der Waals surface area contributed by atoms with Gasteiger partial charge in [0.25, 0.3) is 0 Å². The second-order valence-electron chi connectivity index (χ2n) is 2.17. The molecule has 60 valence electrons. The Hall–Kier alpha value is 0.262. The van der Waals surface area contributed by atoms with Crippen LogP contribution in [-0.4, -0.2) is 12.5 Å². The van der Waals surface area contributed by atoms with Crippen LogP contribution in [0.5, 0.6) is 0 Å². The van der Waals surface area contributed by atoms with Crippen LogP contribution in [0.25, 0.3) is 0 Å². The molecule has 1 aliphatic rings. The summed E-state index contributed by atoms with van der Waals surface area (Å²) < 4.78 is 0. The van der Waals surface area contributed by atoms with Crippen LogP contribution >= 0.6 is 0 Å². The minimum Gasteiger partial charge on any atom is -0.404 e. The molecule has 0 aromatic carbocycles. The second-order valence-corrected chi connectivity index (χ2v) is 2.17. The first kappa shape index (κ1) is 13.8. The molecule has 1 N–H and O–H groups in total. The first-order valence-corrected chi connectivity index (χ1v) is 3.32. The summed E-state index contributed by atoms with van der Waals surface area (Å²) in [5.74, 6) is -0.0856. The molecular formula is C8H13NOU. The van der Waals surface area contributed by atoms with E-state index < -0.39 is 0 Å². The van der Waals surface area contributed by atoms with Crippen LogP contribution in [0.1, 0.15) is 20.8 Å². The maximum absolute atomic E-state index is 10.2. The van der Waals surface area contributed by atoms with Gasteiger partial charge in [0, 0.05) is 6.54 Å². The van der Waals surface area contributed by atoms with E-state index in [9.17, 15) is 4.79 Å². The first-order chi connectivity index (χ1) is 4.70. The van der Waals surface area contributed by atoms with Gasteiger partial charge in [0.2, 0.25) is 0 Å². The van der Waals surface area contributed by atoms with Crippen molar-refractivity contribution in [2.24, 2.45) is 0 Å². The molecule has 0 bridgehead atoms. The minimum absolute atomic E-state index is 0. The van der Waals surface area contributed by atoms with E-state index in [1.54, 1.807) is 0 Å². The van der Waals surface area contributed by atoms with Gasteiger partial charge in [-0.05, 0) is 0 Å². The van der Waals surface area contributed by atoms with E-state index in [1.165, 1.54) is 0 Å². The summed E-state index contributed by atoms with van der Waals surface area (Å²) in [6.07, 6.45) is 4.58. The number of carbonyl (C=O) groups excluding carboxylic acids is 1. The molecule has 1 rings (SSSR count). The Morgan fingerprint density at radius 1 is 1.55 bits per heavy atom. The largest absolute Gasteiger partial charge is 2.00 e. The van der Waals surface area contributed by atoms with Crippen LogP contribution in [0, 0.1) is 43.6 Å². The van der Waals surface area contributed by atoms with Crippen molar-refractivity contribution in [2.75, 3.05) is 6.54 Å². The fraction of sp³-hybridized carbons (Fsp3) is 0.500. The van der Waals surface area contributed by atoms with Gasteiger partial charge >= 0.3 is 31.1 Å². The smallest absolute Gasteiger partial charge is 0.404 e. The zero-order valence-electron chi connectivity index (χ0n) is 7.19. The van der Waals surface area contributed by atoms with Crippen molar-refractivity contribution in [3.8, 4) is 0 Å². The number of rotatable bonds is 0. The Morgan fingerprint density at radius 3 is 2.09 bits per heavy atom. The third kappa shape index (κ3) is 8.17. The van der Waals surface area contributed by atoms with Gasteiger partial charge < -0.3 is 22.6 Å². The first-order valence-electron chi connectivity index (χ1n) is 3.32. The number of nitrogens with one attached hydrogen (secondary N) is 1. The van der Waals surface area contributed by atoms with Crippen LogP contribution in [0.3, 0.4) is 0 Å². The summed E-state index contributed by atoms with van der Waals surface area (Å²) in [6, 6.07) is 0. The molecule has 0 aromatic rings. The Balaban J connectivity index is 0. The van der Waals surface area contributed by atoms with Crippen molar-refractivity contribution in [1.29, 1.82) is 0 Å². The molecule has 3 heteroatoms. The molecule has 1 amide bonds. The van der Waals surface area contributed by atoms with Gasteiger partial charge in [-0.15, -0.1) is 0 Å². The van der Waals surface area contributed by atoms with E-state index in [0.717, 1.165) is 5.57 Å². The quantitative estimate of drug-likeness (QED) is 0.630. The topological polar surface area (TPSA) is 29.1 Å². The molecule has 1 heterocycles. The average molecular weight is 377 g/mol. The van der Waals surface area contributed by atoms with Gasteiger partial charge in [-0.2, -0.15) is 13.8 Å². The zero-order chi connectivity index (χ0) is 7.98. The molecule has 0 saturated heterocycles. The normalized spacial score (nSPS) is 13.7. The van der Waals surface area contributed by atoms with E-state index in [4.69, 9.17) is 0 Å². The third-order valence-corrected chi connectivity index (χ3v) is 0.841. The van der Waals surface area contributed by atoms with Crippen molar-refractivity contribution in [3.05, 3.63) is 18.1 Å². The molecule has 0 unspecified atom stereocenters. The number of hydrogen-bond donors (Lipinski definition) is 1. The summed E-state index contributed by atoms with van der Waals surface area (Å²) in [7, 11) is 0. The second kappa shape index (κ2) is 8.36. The Kier molecular flexibility index (Phi) is 10.5. The van der Waals surface area contributed by atoms with Gasteiger partial charge in [0.05, 0.1) is 5.91 Å². The monoisotopic (exact) mass is 377 g/mol. The molecule has 2 nitrogen and oxygen atoms in total. The third-order valence-electron chi connectivity index (χ3n) is 0.841. The number of carbonyl (C=O) groups is 1. The van der Waals surface area contributed by atoms with Crippen LogP contribution in [0.2, 0.25) is 0 Å². The predicted molar refractivity (Wildman–Crippen MR) is 41.1 cm³/mol. The van der Waals surface area contributed by atoms with Gasteiger partial charge in [-0.1, -0.05) is 6.92 Å². The Labute approximate surface area is 92.2 Å².